The summed E-state index contributed by atoms with van der Waals surface area (Å²) in [6.45, 7) is 7.57. The van der Waals surface area contributed by atoms with E-state index in [9.17, 15) is 4.79 Å². The van der Waals surface area contributed by atoms with Crippen LogP contribution in [0, 0.1) is 13.8 Å². The van der Waals surface area contributed by atoms with Gasteiger partial charge in [-0.05, 0) is 51.0 Å². The molecule has 0 bridgehead atoms. The maximum absolute atomic E-state index is 10.9. The summed E-state index contributed by atoms with van der Waals surface area (Å²) in [5.41, 5.74) is 4.20. The monoisotopic (exact) mass is 203 g/mol. The summed E-state index contributed by atoms with van der Waals surface area (Å²) in [6.07, 6.45) is 0.437. The molecule has 0 amide bonds. The van der Waals surface area contributed by atoms with Gasteiger partial charge in [-0.15, -0.1) is 0 Å². The molecule has 2 heteroatoms. The van der Waals surface area contributed by atoms with Crippen LogP contribution in [-0.2, 0) is 4.79 Å². The molecule has 0 atom stereocenters. The molecule has 1 rings (SSSR count). The molecule has 0 unspecified atom stereocenters. The van der Waals surface area contributed by atoms with Crippen molar-refractivity contribution in [2.45, 2.75) is 34.1 Å². The van der Waals surface area contributed by atoms with Crippen LogP contribution in [0.25, 0.3) is 0 Å². The second-order valence-corrected chi connectivity index (χ2v) is 4.07. The number of carbonyl (C=O) groups excluding carboxylic acids is 1. The van der Waals surface area contributed by atoms with Crippen LogP contribution in [0.5, 0.6) is 0 Å². The number of rotatable bonds is 3. The first-order chi connectivity index (χ1) is 6.97. The molecule has 0 radical (unpaired) electrons. The van der Waals surface area contributed by atoms with E-state index in [1.54, 1.807) is 6.92 Å². The molecule has 0 N–H and O–H groups in total. The lowest BCUT2D eigenvalue weighted by molar-refractivity contribution is -0.115. The highest BCUT2D eigenvalue weighted by Gasteiger charge is 1.98. The van der Waals surface area contributed by atoms with Crippen molar-refractivity contribution in [3.8, 4) is 0 Å². The van der Waals surface area contributed by atoms with Crippen molar-refractivity contribution < 1.29 is 4.79 Å². The van der Waals surface area contributed by atoms with Gasteiger partial charge in [-0.1, -0.05) is 6.07 Å². The van der Waals surface area contributed by atoms with Crippen molar-refractivity contribution in [1.29, 1.82) is 0 Å². The number of carbonyl (C=O) groups is 1. The fraction of sp³-hybridized carbons (Fsp3) is 0.385. The van der Waals surface area contributed by atoms with Crippen LogP contribution in [0.1, 0.15) is 31.4 Å². The van der Waals surface area contributed by atoms with Gasteiger partial charge in [0.1, 0.15) is 5.78 Å². The fourth-order valence-corrected chi connectivity index (χ4v) is 1.64. The summed E-state index contributed by atoms with van der Waals surface area (Å²) < 4.78 is 0. The Morgan fingerprint density at radius 2 is 1.67 bits per heavy atom. The van der Waals surface area contributed by atoms with Gasteiger partial charge in [-0.25, -0.2) is 0 Å². The molecule has 0 aliphatic heterocycles. The molecule has 80 valence electrons. The minimum Gasteiger partial charge on any atom is -0.300 e. The Bertz CT molecular complexity index is 385. The average Bonchev–Trinajstić information content (AvgIpc) is 1.98. The van der Waals surface area contributed by atoms with Gasteiger partial charge in [-0.2, -0.15) is 0 Å². The second-order valence-electron chi connectivity index (χ2n) is 4.07. The topological polar surface area (TPSA) is 29.4 Å². The van der Waals surface area contributed by atoms with Crippen LogP contribution in [0.2, 0.25) is 0 Å². The number of benzene rings is 1. The molecule has 0 heterocycles. The van der Waals surface area contributed by atoms with E-state index < -0.39 is 0 Å². The normalized spacial score (nSPS) is 11.6. The molecule has 15 heavy (non-hydrogen) atoms. The van der Waals surface area contributed by atoms with Crippen LogP contribution in [0.4, 0.5) is 5.69 Å². The number of hydrogen-bond donors (Lipinski definition) is 0. The Balaban J connectivity index is 2.92. The largest absolute Gasteiger partial charge is 0.300 e. The molecule has 1 aromatic carbocycles. The highest BCUT2D eigenvalue weighted by molar-refractivity contribution is 6.00. The molecule has 2 nitrogen and oxygen atoms in total. The van der Waals surface area contributed by atoms with Crippen molar-refractivity contribution in [2.75, 3.05) is 0 Å². The first kappa shape index (κ1) is 11.6. The minimum absolute atomic E-state index is 0.153. The Kier molecular flexibility index (Phi) is 3.78. The van der Waals surface area contributed by atoms with Crippen molar-refractivity contribution in [2.24, 2.45) is 4.99 Å². The van der Waals surface area contributed by atoms with E-state index >= 15 is 0 Å². The summed E-state index contributed by atoms with van der Waals surface area (Å²) in [7, 11) is 0. The van der Waals surface area contributed by atoms with Gasteiger partial charge >= 0.3 is 0 Å². The van der Waals surface area contributed by atoms with E-state index in [0.717, 1.165) is 11.4 Å². The van der Waals surface area contributed by atoms with Gasteiger partial charge in [0.2, 0.25) is 0 Å². The van der Waals surface area contributed by atoms with E-state index in [-0.39, 0.29) is 5.78 Å². The number of ketones is 1. The third kappa shape index (κ3) is 4.07. The highest BCUT2D eigenvalue weighted by atomic mass is 16.1. The zero-order valence-corrected chi connectivity index (χ0v) is 9.79. The Morgan fingerprint density at radius 1 is 1.13 bits per heavy atom. The third-order valence-electron chi connectivity index (χ3n) is 2.03. The van der Waals surface area contributed by atoms with Crippen LogP contribution >= 0.6 is 0 Å². The maximum atomic E-state index is 10.9. The van der Waals surface area contributed by atoms with Crippen LogP contribution in [-0.4, -0.2) is 11.5 Å². The Morgan fingerprint density at radius 3 is 2.13 bits per heavy atom. The van der Waals surface area contributed by atoms with E-state index in [4.69, 9.17) is 0 Å². The number of Topliss-reactive ketones (excluding diaryl/α,β-unsaturated/α-hetero) is 1. The summed E-state index contributed by atoms with van der Waals surface area (Å²) in [5.74, 6) is 0.153. The Hall–Kier alpha value is -1.44. The fourth-order valence-electron chi connectivity index (χ4n) is 1.64. The molecular weight excluding hydrogens is 186 g/mol. The van der Waals surface area contributed by atoms with Gasteiger partial charge in [0.05, 0.1) is 5.69 Å². The van der Waals surface area contributed by atoms with Crippen molar-refractivity contribution in [3.63, 3.8) is 0 Å². The van der Waals surface area contributed by atoms with E-state index in [2.05, 4.69) is 11.1 Å². The first-order valence-corrected chi connectivity index (χ1v) is 5.09. The third-order valence-corrected chi connectivity index (χ3v) is 2.03. The van der Waals surface area contributed by atoms with E-state index in [1.807, 2.05) is 32.9 Å². The predicted octanol–water partition coefficient (Wildman–Crippen LogP) is 3.37. The molecule has 0 saturated carbocycles. The van der Waals surface area contributed by atoms with Crippen LogP contribution in [0.15, 0.2) is 23.2 Å². The standard InChI is InChI=1S/C13H17NO/c1-9-5-10(2)7-13(6-9)14-11(3)8-12(4)15/h5-7H,8H2,1-4H3/b14-11+. The minimum atomic E-state index is 0.153. The summed E-state index contributed by atoms with van der Waals surface area (Å²) in [5, 5.41) is 0. The average molecular weight is 203 g/mol. The van der Waals surface area contributed by atoms with Gasteiger partial charge < -0.3 is 0 Å². The zero-order valence-electron chi connectivity index (χ0n) is 9.79. The maximum Gasteiger partial charge on any atom is 0.135 e. The molecule has 1 aromatic rings. The SMILES string of the molecule is CC(=O)C/C(C)=N/c1cc(C)cc(C)c1. The van der Waals surface area contributed by atoms with Gasteiger partial charge in [0.15, 0.2) is 0 Å². The molecule has 0 fully saturated rings. The molecule has 0 spiro atoms. The first-order valence-electron chi connectivity index (χ1n) is 5.09. The van der Waals surface area contributed by atoms with E-state index in [1.165, 1.54) is 11.1 Å². The molecule has 0 aliphatic rings. The van der Waals surface area contributed by atoms with E-state index in [0.29, 0.717) is 6.42 Å². The summed E-state index contributed by atoms with van der Waals surface area (Å²) in [4.78, 5) is 15.3. The highest BCUT2D eigenvalue weighted by Crippen LogP contribution is 2.17. The quantitative estimate of drug-likeness (QED) is 0.692. The van der Waals surface area contributed by atoms with Crippen LogP contribution in [0.3, 0.4) is 0 Å². The van der Waals surface area contributed by atoms with Crippen molar-refractivity contribution in [1.82, 2.24) is 0 Å². The number of nitrogens with zero attached hydrogens (tertiary/aromatic N) is 1. The van der Waals surface area contributed by atoms with Gasteiger partial charge in [0, 0.05) is 12.1 Å². The van der Waals surface area contributed by atoms with Crippen LogP contribution < -0.4 is 0 Å². The summed E-state index contributed by atoms with van der Waals surface area (Å²) >= 11 is 0. The van der Waals surface area contributed by atoms with Gasteiger partial charge in [-0.3, -0.25) is 9.79 Å². The number of aryl methyl sites for hydroxylation is 2. The molecule has 0 aromatic heterocycles. The number of aliphatic imine (C=N–C) groups is 1. The Labute approximate surface area is 91.0 Å². The lowest BCUT2D eigenvalue weighted by Crippen LogP contribution is -1.99. The lowest BCUT2D eigenvalue weighted by atomic mass is 10.1. The second kappa shape index (κ2) is 4.87. The molecule has 0 saturated heterocycles. The number of hydrogen-bond acceptors (Lipinski definition) is 2. The lowest BCUT2D eigenvalue weighted by Gasteiger charge is -2.01. The zero-order chi connectivity index (χ0) is 11.4. The predicted molar refractivity (Wildman–Crippen MR) is 64.0 cm³/mol. The molecule has 0 aliphatic carbocycles. The molecular formula is C13H17NO. The summed E-state index contributed by atoms with van der Waals surface area (Å²) in [6, 6.07) is 6.16. The van der Waals surface area contributed by atoms with Crippen molar-refractivity contribution >= 4 is 17.2 Å². The van der Waals surface area contributed by atoms with Gasteiger partial charge in [0.25, 0.3) is 0 Å². The smallest absolute Gasteiger partial charge is 0.135 e. The van der Waals surface area contributed by atoms with Crippen molar-refractivity contribution in [3.05, 3.63) is 29.3 Å².